The van der Waals surface area contributed by atoms with Crippen LogP contribution in [0.2, 0.25) is 0 Å². The molecule has 1 saturated carbocycles. The molecular formula is C20H30N6O3. The summed E-state index contributed by atoms with van der Waals surface area (Å²) in [5.41, 5.74) is 5.35. The summed E-state index contributed by atoms with van der Waals surface area (Å²) >= 11 is 0. The Kier molecular flexibility index (Phi) is 6.25. The lowest BCUT2D eigenvalue weighted by molar-refractivity contribution is -0.149. The van der Waals surface area contributed by atoms with E-state index in [1.165, 1.54) is 31.8 Å². The molecule has 1 aromatic rings. The van der Waals surface area contributed by atoms with Gasteiger partial charge in [0, 0.05) is 26.2 Å². The molecule has 0 spiro atoms. The van der Waals surface area contributed by atoms with Crippen LogP contribution in [-0.2, 0) is 9.53 Å². The number of carbonyl (C=O) groups excluding carboxylic acids is 2. The van der Waals surface area contributed by atoms with Crippen LogP contribution in [0.25, 0.3) is 0 Å². The number of nitrogens with zero attached hydrogens (tertiary/aromatic N) is 4. The Morgan fingerprint density at radius 1 is 1.17 bits per heavy atom. The molecule has 2 aliphatic heterocycles. The summed E-state index contributed by atoms with van der Waals surface area (Å²) in [4.78, 5) is 36.2. The van der Waals surface area contributed by atoms with Crippen molar-refractivity contribution >= 4 is 17.6 Å². The van der Waals surface area contributed by atoms with Crippen LogP contribution in [0.15, 0.2) is 12.4 Å². The summed E-state index contributed by atoms with van der Waals surface area (Å²) in [6, 6.07) is 0. The van der Waals surface area contributed by atoms with Crippen molar-refractivity contribution in [1.82, 2.24) is 19.8 Å². The van der Waals surface area contributed by atoms with Gasteiger partial charge < -0.3 is 25.6 Å². The van der Waals surface area contributed by atoms with E-state index < -0.39 is 5.91 Å². The third-order valence-corrected chi connectivity index (χ3v) is 6.02. The van der Waals surface area contributed by atoms with Gasteiger partial charge in [-0.1, -0.05) is 0 Å². The Labute approximate surface area is 171 Å². The van der Waals surface area contributed by atoms with Gasteiger partial charge in [-0.25, -0.2) is 4.98 Å². The number of likely N-dealkylation sites (tertiary alicyclic amines) is 1. The molecule has 9 nitrogen and oxygen atoms in total. The molecule has 3 aliphatic rings. The quantitative estimate of drug-likeness (QED) is 0.644. The molecule has 0 radical (unpaired) electrons. The number of morpholine rings is 1. The number of aromatic nitrogens is 2. The van der Waals surface area contributed by atoms with Crippen LogP contribution in [0.3, 0.4) is 0 Å². The van der Waals surface area contributed by atoms with E-state index in [0.29, 0.717) is 24.8 Å². The minimum Gasteiger partial charge on any atom is -0.366 e. The van der Waals surface area contributed by atoms with Gasteiger partial charge in [-0.3, -0.25) is 14.6 Å². The van der Waals surface area contributed by atoms with Crippen molar-refractivity contribution in [3.05, 3.63) is 18.1 Å². The molecule has 1 atom stereocenters. The minimum atomic E-state index is -0.616. The molecule has 1 aliphatic carbocycles. The molecule has 1 aromatic heterocycles. The second-order valence-corrected chi connectivity index (χ2v) is 8.45. The lowest BCUT2D eigenvalue weighted by Gasteiger charge is -2.38. The Bertz CT molecular complexity index is 733. The first kappa shape index (κ1) is 20.0. The van der Waals surface area contributed by atoms with E-state index in [0.717, 1.165) is 38.4 Å². The molecule has 29 heavy (non-hydrogen) atoms. The van der Waals surface area contributed by atoms with Crippen LogP contribution < -0.4 is 11.1 Å². The fourth-order valence-corrected chi connectivity index (χ4v) is 4.10. The zero-order valence-corrected chi connectivity index (χ0v) is 16.8. The topological polar surface area (TPSA) is 114 Å². The minimum absolute atomic E-state index is 0.0668. The van der Waals surface area contributed by atoms with E-state index in [-0.39, 0.29) is 24.3 Å². The van der Waals surface area contributed by atoms with E-state index in [2.05, 4.69) is 20.2 Å². The third-order valence-electron chi connectivity index (χ3n) is 6.02. The van der Waals surface area contributed by atoms with Gasteiger partial charge in [0.2, 0.25) is 5.91 Å². The molecule has 158 valence electrons. The second kappa shape index (κ2) is 9.04. The largest absolute Gasteiger partial charge is 0.366 e. The fraction of sp³-hybridized carbons (Fsp3) is 0.700. The van der Waals surface area contributed by atoms with Gasteiger partial charge in [0.05, 0.1) is 18.5 Å². The summed E-state index contributed by atoms with van der Waals surface area (Å²) in [5.74, 6) is 1.43. The lowest BCUT2D eigenvalue weighted by atomic mass is 9.95. The van der Waals surface area contributed by atoms with Crippen LogP contribution in [0.5, 0.6) is 0 Å². The zero-order chi connectivity index (χ0) is 20.2. The fourth-order valence-electron chi connectivity index (χ4n) is 4.10. The summed E-state index contributed by atoms with van der Waals surface area (Å²) in [5, 5.41) is 3.13. The number of anilines is 1. The van der Waals surface area contributed by atoms with Crippen molar-refractivity contribution in [3.63, 3.8) is 0 Å². The Hall–Kier alpha value is -2.26. The number of carbonyl (C=O) groups is 2. The SMILES string of the molecule is NC(=O)c1cncc(NCC2CN(CC3CCN(CC4CC4)CC3)C(=O)CO2)n1. The first-order valence-electron chi connectivity index (χ1n) is 10.5. The van der Waals surface area contributed by atoms with E-state index in [4.69, 9.17) is 10.5 Å². The van der Waals surface area contributed by atoms with E-state index in [1.807, 2.05) is 4.90 Å². The van der Waals surface area contributed by atoms with Gasteiger partial charge in [-0.2, -0.15) is 0 Å². The normalized spacial score (nSPS) is 23.9. The van der Waals surface area contributed by atoms with Crippen LogP contribution >= 0.6 is 0 Å². The van der Waals surface area contributed by atoms with Gasteiger partial charge in [0.1, 0.15) is 18.1 Å². The third kappa shape index (κ3) is 5.63. The number of hydrogen-bond donors (Lipinski definition) is 2. The molecular weight excluding hydrogens is 372 g/mol. The molecule has 0 aromatic carbocycles. The maximum atomic E-state index is 12.3. The van der Waals surface area contributed by atoms with Gasteiger partial charge in [-0.15, -0.1) is 0 Å². The molecule has 2 saturated heterocycles. The van der Waals surface area contributed by atoms with Gasteiger partial charge >= 0.3 is 0 Å². The van der Waals surface area contributed by atoms with Crippen LogP contribution in [-0.4, -0.2) is 83.6 Å². The number of nitrogens with two attached hydrogens (primary N) is 1. The van der Waals surface area contributed by atoms with Gasteiger partial charge in [0.15, 0.2) is 0 Å². The maximum Gasteiger partial charge on any atom is 0.268 e. The summed E-state index contributed by atoms with van der Waals surface area (Å²) < 4.78 is 5.68. The van der Waals surface area contributed by atoms with E-state index in [1.54, 1.807) is 0 Å². The number of nitrogens with one attached hydrogen (secondary N) is 1. The number of primary amides is 1. The number of ether oxygens (including phenoxy) is 1. The maximum absolute atomic E-state index is 12.3. The standard InChI is InChI=1S/C20H30N6O3/c21-20(28)17-8-22-9-18(24-17)23-7-16-12-26(19(27)13-29-16)11-15-3-5-25(6-4-15)10-14-1-2-14/h8-9,14-16H,1-7,10-13H2,(H2,21,28)(H,23,24). The molecule has 0 bridgehead atoms. The highest BCUT2D eigenvalue weighted by atomic mass is 16.5. The van der Waals surface area contributed by atoms with Crippen molar-refractivity contribution in [2.75, 3.05) is 51.2 Å². The van der Waals surface area contributed by atoms with Crippen molar-refractivity contribution < 1.29 is 14.3 Å². The average molecular weight is 402 g/mol. The van der Waals surface area contributed by atoms with Crippen molar-refractivity contribution in [2.45, 2.75) is 31.8 Å². The molecule has 3 heterocycles. The van der Waals surface area contributed by atoms with E-state index >= 15 is 0 Å². The Morgan fingerprint density at radius 2 is 1.93 bits per heavy atom. The predicted octanol–water partition coefficient (Wildman–Crippen LogP) is 0.337. The van der Waals surface area contributed by atoms with Crippen LogP contribution in [0.4, 0.5) is 5.82 Å². The molecule has 1 unspecified atom stereocenters. The van der Waals surface area contributed by atoms with E-state index in [9.17, 15) is 9.59 Å². The summed E-state index contributed by atoms with van der Waals surface area (Å²) in [7, 11) is 0. The highest BCUT2D eigenvalue weighted by molar-refractivity contribution is 5.90. The zero-order valence-electron chi connectivity index (χ0n) is 16.8. The Balaban J connectivity index is 1.23. The van der Waals surface area contributed by atoms with Crippen LogP contribution in [0.1, 0.15) is 36.2 Å². The average Bonchev–Trinajstić information content (AvgIpc) is 3.54. The first-order chi connectivity index (χ1) is 14.1. The molecule has 4 rings (SSSR count). The summed E-state index contributed by atoms with van der Waals surface area (Å²) in [6.07, 6.45) is 7.87. The monoisotopic (exact) mass is 402 g/mol. The van der Waals surface area contributed by atoms with Gasteiger partial charge in [0.25, 0.3) is 5.91 Å². The van der Waals surface area contributed by atoms with Crippen LogP contribution in [0, 0.1) is 11.8 Å². The van der Waals surface area contributed by atoms with Gasteiger partial charge in [-0.05, 0) is 50.6 Å². The Morgan fingerprint density at radius 3 is 2.66 bits per heavy atom. The highest BCUT2D eigenvalue weighted by Crippen LogP contribution is 2.31. The predicted molar refractivity (Wildman–Crippen MR) is 107 cm³/mol. The highest BCUT2D eigenvalue weighted by Gasteiger charge is 2.31. The number of piperidine rings is 1. The molecule has 9 heteroatoms. The first-order valence-corrected chi connectivity index (χ1v) is 10.5. The van der Waals surface area contributed by atoms with Crippen molar-refractivity contribution in [3.8, 4) is 0 Å². The molecule has 3 fully saturated rings. The smallest absolute Gasteiger partial charge is 0.268 e. The molecule has 2 amide bonds. The van der Waals surface area contributed by atoms with Crippen molar-refractivity contribution in [2.24, 2.45) is 17.6 Å². The molecule has 3 N–H and O–H groups in total. The number of hydrogen-bond acceptors (Lipinski definition) is 7. The second-order valence-electron chi connectivity index (χ2n) is 8.45. The lowest BCUT2D eigenvalue weighted by Crippen LogP contribution is -2.51. The summed E-state index contributed by atoms with van der Waals surface area (Å²) in [6.45, 7) is 5.54. The number of rotatable bonds is 8. The number of amides is 2. The van der Waals surface area contributed by atoms with Crippen molar-refractivity contribution in [1.29, 1.82) is 0 Å².